The largest absolute Gasteiger partial charge is 0.355 e. The second kappa shape index (κ2) is 6.78. The number of carbonyl (C=O) groups excluding carboxylic acids is 2. The Kier molecular flexibility index (Phi) is 4.38. The fourth-order valence-corrected chi connectivity index (χ4v) is 2.25. The van der Waals surface area contributed by atoms with Gasteiger partial charge in [0.05, 0.1) is 17.4 Å². The van der Waals surface area contributed by atoms with Crippen LogP contribution >= 0.6 is 0 Å². The molecule has 0 aliphatic carbocycles. The molecule has 24 heavy (non-hydrogen) atoms. The van der Waals surface area contributed by atoms with E-state index in [0.717, 1.165) is 5.69 Å². The van der Waals surface area contributed by atoms with Gasteiger partial charge in [0, 0.05) is 24.5 Å². The van der Waals surface area contributed by atoms with Gasteiger partial charge >= 0.3 is 0 Å². The van der Waals surface area contributed by atoms with Crippen molar-refractivity contribution in [1.82, 2.24) is 15.1 Å². The zero-order chi connectivity index (χ0) is 16.9. The van der Waals surface area contributed by atoms with Crippen molar-refractivity contribution in [3.05, 3.63) is 78.1 Å². The zero-order valence-electron chi connectivity index (χ0n) is 13.1. The number of carbonyl (C=O) groups is 2. The van der Waals surface area contributed by atoms with Crippen molar-refractivity contribution >= 4 is 17.5 Å². The summed E-state index contributed by atoms with van der Waals surface area (Å²) in [5, 5.41) is 9.52. The molecule has 0 atom stereocenters. The molecule has 0 unspecified atom stereocenters. The number of benzene rings is 2. The molecule has 2 aromatic carbocycles. The van der Waals surface area contributed by atoms with Gasteiger partial charge in [0.1, 0.15) is 0 Å². The van der Waals surface area contributed by atoms with Crippen molar-refractivity contribution in [2.45, 2.75) is 0 Å². The highest BCUT2D eigenvalue weighted by Crippen LogP contribution is 2.13. The highest BCUT2D eigenvalue weighted by atomic mass is 16.2. The Balaban J connectivity index is 1.76. The number of amides is 2. The number of rotatable bonds is 4. The van der Waals surface area contributed by atoms with E-state index in [-0.39, 0.29) is 11.8 Å². The third-order valence-electron chi connectivity index (χ3n) is 3.48. The number of hydrogen-bond acceptors (Lipinski definition) is 3. The maximum absolute atomic E-state index is 12.3. The molecular weight excluding hydrogens is 304 g/mol. The Labute approximate surface area is 139 Å². The molecule has 0 bridgehead atoms. The Morgan fingerprint density at radius 3 is 2.50 bits per heavy atom. The van der Waals surface area contributed by atoms with Crippen molar-refractivity contribution in [3.8, 4) is 5.69 Å². The van der Waals surface area contributed by atoms with E-state index in [0.29, 0.717) is 16.8 Å². The van der Waals surface area contributed by atoms with Crippen LogP contribution in [-0.4, -0.2) is 28.6 Å². The molecule has 2 amide bonds. The maximum atomic E-state index is 12.3. The number of nitrogens with one attached hydrogen (secondary N) is 2. The van der Waals surface area contributed by atoms with Crippen LogP contribution in [0.15, 0.2) is 67.0 Å². The Hall–Kier alpha value is -3.41. The fourth-order valence-electron chi connectivity index (χ4n) is 2.25. The molecule has 0 aliphatic heterocycles. The molecular formula is C18H16N4O2. The Bertz CT molecular complexity index is 871. The topological polar surface area (TPSA) is 76.0 Å². The minimum atomic E-state index is -0.286. The molecule has 1 heterocycles. The van der Waals surface area contributed by atoms with Crippen LogP contribution in [0, 0.1) is 0 Å². The van der Waals surface area contributed by atoms with Crippen LogP contribution in [0.2, 0.25) is 0 Å². The molecule has 0 fully saturated rings. The summed E-state index contributed by atoms with van der Waals surface area (Å²) in [5.74, 6) is -0.491. The van der Waals surface area contributed by atoms with Crippen LogP contribution in [0.1, 0.15) is 20.7 Å². The van der Waals surface area contributed by atoms with Gasteiger partial charge < -0.3 is 10.6 Å². The third kappa shape index (κ3) is 3.33. The SMILES string of the molecule is CNC(=O)c1cccc(NC(=O)c2cnn(-c3ccccc3)c2)c1. The van der Waals surface area contributed by atoms with Crippen molar-refractivity contribution in [2.75, 3.05) is 12.4 Å². The number of anilines is 1. The first kappa shape index (κ1) is 15.5. The quantitative estimate of drug-likeness (QED) is 0.775. The van der Waals surface area contributed by atoms with E-state index in [1.807, 2.05) is 30.3 Å². The van der Waals surface area contributed by atoms with Crippen molar-refractivity contribution < 1.29 is 9.59 Å². The normalized spacial score (nSPS) is 10.2. The van der Waals surface area contributed by atoms with Gasteiger partial charge in [-0.25, -0.2) is 4.68 Å². The predicted molar refractivity (Wildman–Crippen MR) is 91.3 cm³/mol. The molecule has 0 spiro atoms. The highest BCUT2D eigenvalue weighted by molar-refractivity contribution is 6.04. The Morgan fingerprint density at radius 2 is 1.75 bits per heavy atom. The lowest BCUT2D eigenvalue weighted by molar-refractivity contribution is 0.0961. The van der Waals surface area contributed by atoms with E-state index in [2.05, 4.69) is 15.7 Å². The molecule has 6 nitrogen and oxygen atoms in total. The molecule has 0 saturated carbocycles. The average Bonchev–Trinajstić information content (AvgIpc) is 3.12. The second-order valence-corrected chi connectivity index (χ2v) is 5.12. The number of aromatic nitrogens is 2. The van der Waals surface area contributed by atoms with Gasteiger partial charge in [-0.3, -0.25) is 9.59 Å². The van der Waals surface area contributed by atoms with Gasteiger partial charge in [-0.15, -0.1) is 0 Å². The van der Waals surface area contributed by atoms with Crippen molar-refractivity contribution in [1.29, 1.82) is 0 Å². The second-order valence-electron chi connectivity index (χ2n) is 5.12. The van der Waals surface area contributed by atoms with Crippen molar-refractivity contribution in [3.63, 3.8) is 0 Å². The van der Waals surface area contributed by atoms with Gasteiger partial charge in [0.2, 0.25) is 0 Å². The summed E-state index contributed by atoms with van der Waals surface area (Å²) in [6.45, 7) is 0. The number of para-hydroxylation sites is 1. The molecule has 2 N–H and O–H groups in total. The summed E-state index contributed by atoms with van der Waals surface area (Å²) < 4.78 is 1.63. The third-order valence-corrected chi connectivity index (χ3v) is 3.48. The van der Waals surface area contributed by atoms with E-state index in [1.165, 1.54) is 6.20 Å². The Morgan fingerprint density at radius 1 is 0.958 bits per heavy atom. The standard InChI is InChI=1S/C18H16N4O2/c1-19-17(23)13-6-5-7-15(10-13)21-18(24)14-11-20-22(12-14)16-8-3-2-4-9-16/h2-12H,1H3,(H,19,23)(H,21,24). The minimum absolute atomic E-state index is 0.206. The van der Waals surface area contributed by atoms with E-state index < -0.39 is 0 Å². The molecule has 6 heteroatoms. The molecule has 3 rings (SSSR count). The smallest absolute Gasteiger partial charge is 0.258 e. The first-order valence-electron chi connectivity index (χ1n) is 7.41. The van der Waals surface area contributed by atoms with E-state index in [1.54, 1.807) is 42.2 Å². The van der Waals surface area contributed by atoms with E-state index >= 15 is 0 Å². The van der Waals surface area contributed by atoms with Crippen LogP contribution in [0.4, 0.5) is 5.69 Å². The van der Waals surface area contributed by atoms with Crippen LogP contribution < -0.4 is 10.6 Å². The van der Waals surface area contributed by atoms with Crippen LogP contribution in [-0.2, 0) is 0 Å². The van der Waals surface area contributed by atoms with Gasteiger partial charge in [0.15, 0.2) is 0 Å². The summed E-state index contributed by atoms with van der Waals surface area (Å²) in [6, 6.07) is 16.3. The molecule has 120 valence electrons. The molecule has 0 radical (unpaired) electrons. The van der Waals surface area contributed by atoms with Gasteiger partial charge in [-0.2, -0.15) is 5.10 Å². The van der Waals surface area contributed by atoms with Gasteiger partial charge in [0.25, 0.3) is 11.8 Å². The zero-order valence-corrected chi connectivity index (χ0v) is 13.1. The molecule has 3 aromatic rings. The lowest BCUT2D eigenvalue weighted by atomic mass is 10.2. The summed E-state index contributed by atoms with van der Waals surface area (Å²) in [4.78, 5) is 24.0. The van der Waals surface area contributed by atoms with Crippen molar-refractivity contribution in [2.24, 2.45) is 0 Å². The van der Waals surface area contributed by atoms with Crippen LogP contribution in [0.3, 0.4) is 0 Å². The first-order valence-corrected chi connectivity index (χ1v) is 7.41. The predicted octanol–water partition coefficient (Wildman–Crippen LogP) is 2.48. The molecule has 0 aliphatic rings. The number of hydrogen-bond donors (Lipinski definition) is 2. The minimum Gasteiger partial charge on any atom is -0.355 e. The summed E-state index contributed by atoms with van der Waals surface area (Å²) in [7, 11) is 1.56. The fraction of sp³-hybridized carbons (Fsp3) is 0.0556. The summed E-state index contributed by atoms with van der Waals surface area (Å²) >= 11 is 0. The van der Waals surface area contributed by atoms with Gasteiger partial charge in [-0.05, 0) is 30.3 Å². The summed E-state index contributed by atoms with van der Waals surface area (Å²) in [5.41, 5.74) is 2.34. The lowest BCUT2D eigenvalue weighted by Gasteiger charge is -2.06. The van der Waals surface area contributed by atoms with Crippen LogP contribution in [0.5, 0.6) is 0 Å². The monoisotopic (exact) mass is 320 g/mol. The highest BCUT2D eigenvalue weighted by Gasteiger charge is 2.11. The van der Waals surface area contributed by atoms with E-state index in [4.69, 9.17) is 0 Å². The summed E-state index contributed by atoms with van der Waals surface area (Å²) in [6.07, 6.45) is 3.16. The lowest BCUT2D eigenvalue weighted by Crippen LogP contribution is -2.18. The molecule has 1 aromatic heterocycles. The van der Waals surface area contributed by atoms with Gasteiger partial charge in [-0.1, -0.05) is 24.3 Å². The average molecular weight is 320 g/mol. The van der Waals surface area contributed by atoms with E-state index in [9.17, 15) is 9.59 Å². The number of nitrogens with zero attached hydrogens (tertiary/aromatic N) is 2. The molecule has 0 saturated heterocycles. The maximum Gasteiger partial charge on any atom is 0.258 e. The first-order chi connectivity index (χ1) is 11.7. The van der Waals surface area contributed by atoms with Crippen LogP contribution in [0.25, 0.3) is 5.69 Å².